The molecule has 9 heteroatoms. The van der Waals surface area contributed by atoms with Crippen LogP contribution in [0, 0.1) is 0 Å². The molecule has 0 saturated heterocycles. The Morgan fingerprint density at radius 3 is 2.52 bits per heavy atom. The molecule has 1 atom stereocenters. The summed E-state index contributed by atoms with van der Waals surface area (Å²) in [5.74, 6) is -0.117. The van der Waals surface area contributed by atoms with Crippen molar-refractivity contribution in [1.29, 1.82) is 0 Å². The number of benzene rings is 2. The number of nitrogens with zero attached hydrogens (tertiary/aromatic N) is 2. The maximum Gasteiger partial charge on any atom is 0.407 e. The summed E-state index contributed by atoms with van der Waals surface area (Å²) in [6, 6.07) is 13.5. The van der Waals surface area contributed by atoms with Gasteiger partial charge in [-0.05, 0) is 37.1 Å². The van der Waals surface area contributed by atoms with Gasteiger partial charge in [-0.15, -0.1) is 11.3 Å². The minimum atomic E-state index is -1.05. The van der Waals surface area contributed by atoms with Gasteiger partial charge in [-0.25, -0.2) is 9.78 Å². The molecule has 0 radical (unpaired) electrons. The summed E-state index contributed by atoms with van der Waals surface area (Å²) in [4.78, 5) is 29.2. The van der Waals surface area contributed by atoms with E-state index >= 15 is 0 Å². The van der Waals surface area contributed by atoms with Gasteiger partial charge in [-0.1, -0.05) is 30.3 Å². The van der Waals surface area contributed by atoms with Gasteiger partial charge in [-0.2, -0.15) is 0 Å². The number of nitrogens with two attached hydrogens (primary N) is 1. The summed E-state index contributed by atoms with van der Waals surface area (Å²) in [5.41, 5.74) is 8.34. The molecule has 31 heavy (non-hydrogen) atoms. The Labute approximate surface area is 184 Å². The highest BCUT2D eigenvalue weighted by atomic mass is 32.1. The zero-order valence-corrected chi connectivity index (χ0v) is 17.8. The number of phenolic OH excluding ortho intramolecular Hbond substituents is 1. The number of anilines is 2. The molecule has 0 spiro atoms. The van der Waals surface area contributed by atoms with Crippen LogP contribution < -0.4 is 11.1 Å². The molecule has 0 fully saturated rings. The van der Waals surface area contributed by atoms with Gasteiger partial charge in [0.25, 0.3) is 0 Å². The number of rotatable bonds is 8. The first-order valence-electron chi connectivity index (χ1n) is 9.69. The van der Waals surface area contributed by atoms with Gasteiger partial charge in [-0.3, -0.25) is 4.79 Å². The number of para-hydroxylation sites is 1. The molecule has 0 bridgehead atoms. The summed E-state index contributed by atoms with van der Waals surface area (Å²) in [6.07, 6.45) is -0.411. The molecule has 0 aliphatic rings. The quantitative estimate of drug-likeness (QED) is 0.420. The fraction of sp³-hybridized carbons (Fsp3) is 0.227. The fourth-order valence-corrected chi connectivity index (χ4v) is 3.80. The summed E-state index contributed by atoms with van der Waals surface area (Å²) in [7, 11) is 0. The second-order valence-corrected chi connectivity index (χ2v) is 7.95. The molecule has 1 unspecified atom stereocenters. The molecule has 1 aromatic heterocycles. The number of carbonyl (C=O) groups excluding carboxylic acids is 1. The van der Waals surface area contributed by atoms with Crippen LogP contribution in [0.5, 0.6) is 5.75 Å². The fourth-order valence-electron chi connectivity index (χ4n) is 3.24. The van der Waals surface area contributed by atoms with Crippen molar-refractivity contribution in [3.63, 3.8) is 0 Å². The van der Waals surface area contributed by atoms with Crippen LogP contribution in [0.4, 0.5) is 15.6 Å². The number of thiazole rings is 1. The number of nitrogen functional groups attached to an aromatic ring is 1. The van der Waals surface area contributed by atoms with E-state index in [4.69, 9.17) is 5.73 Å². The number of aromatic hydroxyl groups is 1. The third-order valence-electron chi connectivity index (χ3n) is 4.89. The lowest BCUT2D eigenvalue weighted by atomic mass is 10.0. The molecular weight excluding hydrogens is 416 g/mol. The average Bonchev–Trinajstić information content (AvgIpc) is 3.13. The Hall–Kier alpha value is -3.59. The van der Waals surface area contributed by atoms with Crippen LogP contribution in [0.3, 0.4) is 0 Å². The molecule has 0 aliphatic carbocycles. The molecule has 3 rings (SSSR count). The van der Waals surface area contributed by atoms with E-state index in [0.717, 1.165) is 5.56 Å². The number of amides is 2. The standard InChI is InChI=1S/C22H24N4O4S/c1-14(18-4-2-3-5-19(18)27)26(22(29)30)11-10-15-6-8-16(9-7-15)24-20(28)12-17-13-31-21(23)25-17/h2-9,13-14,27H,10-12H2,1H3,(H2,23,25)(H,24,28)(H,29,30). The van der Waals surface area contributed by atoms with Crippen molar-refractivity contribution < 1.29 is 19.8 Å². The second-order valence-electron chi connectivity index (χ2n) is 7.06. The molecule has 5 N–H and O–H groups in total. The van der Waals surface area contributed by atoms with Crippen molar-refractivity contribution in [2.24, 2.45) is 0 Å². The number of hydrogen-bond acceptors (Lipinski definition) is 6. The number of carboxylic acid groups (broad SMARTS) is 1. The Bertz CT molecular complexity index is 1050. The normalized spacial score (nSPS) is 11.6. The van der Waals surface area contributed by atoms with Crippen LogP contribution in [-0.2, 0) is 17.6 Å². The first kappa shape index (κ1) is 22.1. The van der Waals surface area contributed by atoms with E-state index in [1.165, 1.54) is 16.2 Å². The van der Waals surface area contributed by atoms with Gasteiger partial charge in [0.05, 0.1) is 18.2 Å². The minimum absolute atomic E-state index is 0.0710. The highest BCUT2D eigenvalue weighted by molar-refractivity contribution is 7.13. The monoisotopic (exact) mass is 440 g/mol. The van der Waals surface area contributed by atoms with E-state index in [1.807, 2.05) is 12.1 Å². The zero-order chi connectivity index (χ0) is 22.4. The van der Waals surface area contributed by atoms with Crippen LogP contribution in [-0.4, -0.2) is 38.6 Å². The van der Waals surface area contributed by atoms with E-state index in [0.29, 0.717) is 28.5 Å². The number of phenols is 1. The predicted octanol–water partition coefficient (Wildman–Crippen LogP) is 3.90. The molecule has 2 amide bonds. The molecule has 8 nitrogen and oxygen atoms in total. The zero-order valence-electron chi connectivity index (χ0n) is 17.0. The Morgan fingerprint density at radius 2 is 1.90 bits per heavy atom. The third-order valence-corrected chi connectivity index (χ3v) is 5.61. The van der Waals surface area contributed by atoms with Crippen molar-refractivity contribution in [3.05, 3.63) is 70.7 Å². The number of hydrogen-bond donors (Lipinski definition) is 4. The van der Waals surface area contributed by atoms with Gasteiger partial charge in [0, 0.05) is 23.2 Å². The van der Waals surface area contributed by atoms with E-state index in [1.54, 1.807) is 48.7 Å². The number of nitrogens with one attached hydrogen (secondary N) is 1. The molecule has 2 aromatic carbocycles. The molecule has 1 heterocycles. The number of aromatic nitrogens is 1. The Balaban J connectivity index is 1.57. The summed E-state index contributed by atoms with van der Waals surface area (Å²) in [6.45, 7) is 2.01. The van der Waals surface area contributed by atoms with Crippen LogP contribution in [0.15, 0.2) is 53.9 Å². The van der Waals surface area contributed by atoms with Crippen LogP contribution in [0.25, 0.3) is 0 Å². The van der Waals surface area contributed by atoms with Crippen molar-refractivity contribution in [1.82, 2.24) is 9.88 Å². The number of carbonyl (C=O) groups is 2. The van der Waals surface area contributed by atoms with Gasteiger partial charge in [0.15, 0.2) is 5.13 Å². The van der Waals surface area contributed by atoms with E-state index in [-0.39, 0.29) is 24.6 Å². The van der Waals surface area contributed by atoms with Crippen molar-refractivity contribution in [3.8, 4) is 5.75 Å². The Morgan fingerprint density at radius 1 is 1.19 bits per heavy atom. The lowest BCUT2D eigenvalue weighted by Crippen LogP contribution is -2.34. The van der Waals surface area contributed by atoms with Crippen LogP contribution in [0.1, 0.15) is 29.8 Å². The van der Waals surface area contributed by atoms with Crippen molar-refractivity contribution in [2.45, 2.75) is 25.8 Å². The smallest absolute Gasteiger partial charge is 0.407 e. The SMILES string of the molecule is CC(c1ccccc1O)N(CCc1ccc(NC(=O)Cc2csc(N)n2)cc1)C(=O)O. The lowest BCUT2D eigenvalue weighted by molar-refractivity contribution is -0.115. The van der Waals surface area contributed by atoms with Gasteiger partial charge < -0.3 is 26.2 Å². The maximum absolute atomic E-state index is 12.1. The molecule has 162 valence electrons. The summed E-state index contributed by atoms with van der Waals surface area (Å²) < 4.78 is 0. The molecule has 0 saturated carbocycles. The van der Waals surface area contributed by atoms with E-state index in [2.05, 4.69) is 10.3 Å². The van der Waals surface area contributed by atoms with Gasteiger partial charge in [0.1, 0.15) is 5.75 Å². The molecule has 0 aliphatic heterocycles. The minimum Gasteiger partial charge on any atom is -0.508 e. The molecular formula is C22H24N4O4S. The van der Waals surface area contributed by atoms with Gasteiger partial charge in [0.2, 0.25) is 5.91 Å². The van der Waals surface area contributed by atoms with Gasteiger partial charge >= 0.3 is 6.09 Å². The molecule has 3 aromatic rings. The largest absolute Gasteiger partial charge is 0.508 e. The first-order valence-corrected chi connectivity index (χ1v) is 10.6. The average molecular weight is 441 g/mol. The van der Waals surface area contributed by atoms with E-state index in [9.17, 15) is 19.8 Å². The highest BCUT2D eigenvalue weighted by Crippen LogP contribution is 2.28. The second kappa shape index (κ2) is 9.94. The van der Waals surface area contributed by atoms with Crippen molar-refractivity contribution >= 4 is 34.2 Å². The first-order chi connectivity index (χ1) is 14.8. The van der Waals surface area contributed by atoms with Crippen LogP contribution in [0.2, 0.25) is 0 Å². The highest BCUT2D eigenvalue weighted by Gasteiger charge is 2.22. The summed E-state index contributed by atoms with van der Waals surface area (Å²) >= 11 is 1.29. The third kappa shape index (κ3) is 5.95. The summed E-state index contributed by atoms with van der Waals surface area (Å²) in [5, 5.41) is 24.6. The lowest BCUT2D eigenvalue weighted by Gasteiger charge is -2.27. The topological polar surface area (TPSA) is 129 Å². The van der Waals surface area contributed by atoms with Crippen molar-refractivity contribution in [2.75, 3.05) is 17.6 Å². The maximum atomic E-state index is 12.1. The van der Waals surface area contributed by atoms with E-state index < -0.39 is 12.1 Å². The Kier molecular flexibility index (Phi) is 7.09. The van der Waals surface area contributed by atoms with Crippen LogP contribution >= 0.6 is 11.3 Å². The predicted molar refractivity (Wildman–Crippen MR) is 120 cm³/mol.